The number of H-pyrrole nitrogens is 1. The summed E-state index contributed by atoms with van der Waals surface area (Å²) in [5.74, 6) is -2.05. The predicted octanol–water partition coefficient (Wildman–Crippen LogP) is 3.27. The van der Waals surface area contributed by atoms with E-state index in [1.807, 2.05) is 0 Å². The Kier molecular flexibility index (Phi) is 5.65. The van der Waals surface area contributed by atoms with Crippen LogP contribution in [0.3, 0.4) is 0 Å². The minimum atomic E-state index is -4.94. The van der Waals surface area contributed by atoms with Crippen LogP contribution in [0, 0.1) is 0 Å². The average molecular weight is 441 g/mol. The minimum absolute atomic E-state index is 0.0244. The molecule has 3 aromatic rings. The summed E-state index contributed by atoms with van der Waals surface area (Å²) in [7, 11) is 1.10. The number of carbonyl (C=O) groups is 2. The maximum atomic E-state index is 13.7. The van der Waals surface area contributed by atoms with Crippen LogP contribution >= 0.6 is 11.6 Å². The third-order valence-corrected chi connectivity index (χ3v) is 4.18. The van der Waals surface area contributed by atoms with E-state index in [9.17, 15) is 27.6 Å². The van der Waals surface area contributed by atoms with Crippen LogP contribution < -0.4 is 10.9 Å². The zero-order valence-corrected chi connectivity index (χ0v) is 15.8. The molecule has 0 radical (unpaired) electrons. The number of hydrogen-bond acceptors (Lipinski definition) is 5. The number of alkyl halides is 3. The first-order valence-electron chi connectivity index (χ1n) is 8.15. The molecule has 0 atom stereocenters. The maximum absolute atomic E-state index is 13.7. The summed E-state index contributed by atoms with van der Waals surface area (Å²) in [4.78, 5) is 38.2. The third-order valence-electron chi connectivity index (χ3n) is 3.93. The highest BCUT2D eigenvalue weighted by Crippen LogP contribution is 2.34. The fourth-order valence-electron chi connectivity index (χ4n) is 2.57. The molecule has 0 unspecified atom stereocenters. The smallest absolute Gasteiger partial charge is 0.434 e. The summed E-state index contributed by atoms with van der Waals surface area (Å²) >= 11 is 5.75. The predicted molar refractivity (Wildman–Crippen MR) is 99.9 cm³/mol. The first-order valence-corrected chi connectivity index (χ1v) is 8.53. The topological polar surface area (TPSA) is 106 Å². The number of halogens is 4. The second-order valence-electron chi connectivity index (χ2n) is 5.87. The summed E-state index contributed by atoms with van der Waals surface area (Å²) in [5, 5.41) is 6.03. The first kappa shape index (κ1) is 21.1. The normalized spacial score (nSPS) is 11.2. The highest BCUT2D eigenvalue weighted by Gasteiger charge is 2.40. The number of anilines is 1. The number of pyridine rings is 1. The molecule has 0 aliphatic heterocycles. The zero-order chi connectivity index (χ0) is 22.1. The van der Waals surface area contributed by atoms with Crippen molar-refractivity contribution >= 4 is 29.2 Å². The van der Waals surface area contributed by atoms with Gasteiger partial charge in [-0.1, -0.05) is 11.6 Å². The standard InChI is InChI=1S/C18H12ClF3N4O4/c1-30-17(29)9-6-13(16(28)23-7-9)25-15(27)12-8-24-26(14(12)18(20,21)22)11-4-2-10(19)3-5-11/h2-8H,1H3,(H,23,28)(H,25,27). The fraction of sp³-hybridized carbons (Fsp3) is 0.111. The van der Waals surface area contributed by atoms with E-state index in [2.05, 4.69) is 20.1 Å². The van der Waals surface area contributed by atoms with Gasteiger partial charge in [0.15, 0.2) is 5.69 Å². The molecule has 2 N–H and O–H groups in total. The molecule has 0 fully saturated rings. The Hall–Kier alpha value is -3.60. The molecule has 1 aromatic carbocycles. The van der Waals surface area contributed by atoms with Crippen molar-refractivity contribution in [1.29, 1.82) is 0 Å². The number of aromatic amines is 1. The Labute approximate surface area is 171 Å². The van der Waals surface area contributed by atoms with E-state index in [4.69, 9.17) is 11.6 Å². The molecule has 0 saturated carbocycles. The van der Waals surface area contributed by atoms with Crippen molar-refractivity contribution in [2.24, 2.45) is 0 Å². The lowest BCUT2D eigenvalue weighted by molar-refractivity contribution is -0.143. The van der Waals surface area contributed by atoms with Crippen molar-refractivity contribution < 1.29 is 27.5 Å². The molecule has 12 heteroatoms. The van der Waals surface area contributed by atoms with Crippen molar-refractivity contribution in [2.45, 2.75) is 6.18 Å². The van der Waals surface area contributed by atoms with Crippen LogP contribution in [-0.4, -0.2) is 33.8 Å². The SMILES string of the molecule is COC(=O)c1c[nH]c(=O)c(NC(=O)c2cnn(-c3ccc(Cl)cc3)c2C(F)(F)F)c1. The summed E-state index contributed by atoms with van der Waals surface area (Å²) < 4.78 is 46.2. The highest BCUT2D eigenvalue weighted by molar-refractivity contribution is 6.30. The van der Waals surface area contributed by atoms with Crippen molar-refractivity contribution in [1.82, 2.24) is 14.8 Å². The van der Waals surface area contributed by atoms with Gasteiger partial charge in [0.1, 0.15) is 5.69 Å². The van der Waals surface area contributed by atoms with E-state index in [0.29, 0.717) is 9.70 Å². The van der Waals surface area contributed by atoms with Crippen molar-refractivity contribution in [3.63, 3.8) is 0 Å². The monoisotopic (exact) mass is 440 g/mol. The number of amides is 1. The molecule has 1 amide bonds. The van der Waals surface area contributed by atoms with Crippen LogP contribution in [0.1, 0.15) is 26.4 Å². The van der Waals surface area contributed by atoms with Gasteiger partial charge >= 0.3 is 12.1 Å². The number of carbonyl (C=O) groups excluding carboxylic acids is 2. The fourth-order valence-corrected chi connectivity index (χ4v) is 2.69. The summed E-state index contributed by atoms with van der Waals surface area (Å²) in [5.41, 5.74) is -3.51. The second kappa shape index (κ2) is 8.03. The van der Waals surface area contributed by atoms with Crippen molar-refractivity contribution in [3.05, 3.63) is 74.9 Å². The molecule has 0 aliphatic rings. The van der Waals surface area contributed by atoms with Gasteiger partial charge in [-0.25, -0.2) is 9.48 Å². The van der Waals surface area contributed by atoms with Gasteiger partial charge in [-0.3, -0.25) is 9.59 Å². The van der Waals surface area contributed by atoms with Crippen LogP contribution in [0.2, 0.25) is 5.02 Å². The van der Waals surface area contributed by atoms with Crippen LogP contribution in [0.4, 0.5) is 18.9 Å². The molecule has 3 rings (SSSR count). The maximum Gasteiger partial charge on any atom is 0.434 e. The van der Waals surface area contributed by atoms with Gasteiger partial charge in [-0.05, 0) is 30.3 Å². The van der Waals surface area contributed by atoms with Crippen molar-refractivity contribution in [2.75, 3.05) is 12.4 Å². The van der Waals surface area contributed by atoms with E-state index < -0.39 is 40.6 Å². The van der Waals surface area contributed by atoms with Crippen LogP contribution in [0.5, 0.6) is 0 Å². The number of aromatic nitrogens is 3. The molecule has 0 saturated heterocycles. The second-order valence-corrected chi connectivity index (χ2v) is 6.31. The lowest BCUT2D eigenvalue weighted by Gasteiger charge is -2.13. The third kappa shape index (κ3) is 4.20. The lowest BCUT2D eigenvalue weighted by Crippen LogP contribution is -2.24. The number of rotatable bonds is 4. The van der Waals surface area contributed by atoms with E-state index >= 15 is 0 Å². The summed E-state index contributed by atoms with van der Waals surface area (Å²) in [6.07, 6.45) is -3.17. The molecule has 2 aromatic heterocycles. The molecule has 30 heavy (non-hydrogen) atoms. The number of nitrogens with one attached hydrogen (secondary N) is 2. The number of hydrogen-bond donors (Lipinski definition) is 2. The van der Waals surface area contributed by atoms with Gasteiger partial charge < -0.3 is 15.0 Å². The highest BCUT2D eigenvalue weighted by atomic mass is 35.5. The largest absolute Gasteiger partial charge is 0.465 e. The van der Waals surface area contributed by atoms with Crippen LogP contribution in [-0.2, 0) is 10.9 Å². The Morgan fingerprint density at radius 3 is 2.50 bits per heavy atom. The molecular weight excluding hydrogens is 429 g/mol. The lowest BCUT2D eigenvalue weighted by atomic mass is 10.2. The first-order chi connectivity index (χ1) is 14.1. The number of methoxy groups -OCH3 is 1. The molecule has 0 spiro atoms. The van der Waals surface area contributed by atoms with Gasteiger partial charge in [0.05, 0.1) is 30.1 Å². The number of nitrogens with zero attached hydrogens (tertiary/aromatic N) is 2. The van der Waals surface area contributed by atoms with Crippen LogP contribution in [0.15, 0.2) is 47.5 Å². The van der Waals surface area contributed by atoms with E-state index in [-0.39, 0.29) is 11.3 Å². The molecule has 8 nitrogen and oxygen atoms in total. The van der Waals surface area contributed by atoms with Crippen molar-refractivity contribution in [3.8, 4) is 5.69 Å². The zero-order valence-electron chi connectivity index (χ0n) is 15.1. The van der Waals surface area contributed by atoms with Gasteiger partial charge in [0.2, 0.25) is 0 Å². The Morgan fingerprint density at radius 2 is 1.90 bits per heavy atom. The molecular formula is C18H12ClF3N4O4. The molecule has 0 aliphatic carbocycles. The number of ether oxygens (including phenoxy) is 1. The number of benzene rings is 1. The Bertz CT molecular complexity index is 1170. The molecule has 2 heterocycles. The van der Waals surface area contributed by atoms with E-state index in [1.54, 1.807) is 0 Å². The van der Waals surface area contributed by atoms with Gasteiger partial charge in [-0.15, -0.1) is 0 Å². The summed E-state index contributed by atoms with van der Waals surface area (Å²) in [6, 6.07) is 6.33. The van der Waals surface area contributed by atoms with E-state index in [1.165, 1.54) is 24.3 Å². The Balaban J connectivity index is 2.02. The van der Waals surface area contributed by atoms with E-state index in [0.717, 1.165) is 25.6 Å². The van der Waals surface area contributed by atoms with Gasteiger partial charge in [-0.2, -0.15) is 18.3 Å². The van der Waals surface area contributed by atoms with Crippen LogP contribution in [0.25, 0.3) is 5.69 Å². The van der Waals surface area contributed by atoms with Gasteiger partial charge in [0.25, 0.3) is 11.5 Å². The number of esters is 1. The Morgan fingerprint density at radius 1 is 1.23 bits per heavy atom. The minimum Gasteiger partial charge on any atom is -0.465 e. The average Bonchev–Trinajstić information content (AvgIpc) is 3.15. The quantitative estimate of drug-likeness (QED) is 0.606. The molecule has 0 bridgehead atoms. The summed E-state index contributed by atoms with van der Waals surface area (Å²) in [6.45, 7) is 0. The van der Waals surface area contributed by atoms with Gasteiger partial charge in [0, 0.05) is 11.2 Å². The molecule has 156 valence electrons.